The molecule has 136 heavy (non-hydrogen) atoms. The van der Waals surface area contributed by atoms with Gasteiger partial charge in [0.05, 0.1) is 30.9 Å². The van der Waals surface area contributed by atoms with Crippen LogP contribution in [0.3, 0.4) is 0 Å². The minimum absolute atomic E-state index is 0.0162. The van der Waals surface area contributed by atoms with Crippen LogP contribution in [0.15, 0.2) is 104 Å². The van der Waals surface area contributed by atoms with Crippen LogP contribution in [-0.4, -0.2) is 316 Å². The second-order valence-corrected chi connectivity index (χ2v) is 35.7. The highest BCUT2D eigenvalue weighted by Crippen LogP contribution is 2.30. The van der Waals surface area contributed by atoms with Crippen molar-refractivity contribution in [1.82, 2.24) is 87.3 Å². The standard InChI is InChI=1S/C92H126N20O23S/c1-9-11-23-71-87(130)104-65(34-50(3)4)85(128)107-70(83(126)99-44-76(95)117)48-136-49-78(119)101-67(35-52-25-27-57(113)28-26-52)88(131)108(6)51(5)81(124)105-69(41-75(94)116)90(133)111(47-80(122)123)46-77(118)100-66(39-56-18-17-33-96-56)86(129)103-64(29-30-79(120)121)91(134)112-45-58(114)40-73(112)74(115)38-53(36-54-42-97-61-21-15-13-19-59(54)61)82(125)102-63(31-32-93)84(127)106-68(37-55-43-98-62-22-16-14-20-60(55)62)89(132)110(8)72(24-12-10-2)92(135)109(71)7/h13-22,25-28,33,42-43,50-51,53,58,63-73,96-98,113-114H,9-12,23-24,29-32,34-41,44-49,93H2,1-8H3,(H2,94,116)(H2,95,117)(H,99,126)(H,100,118)(H,101,119)(H,102,125)(H,103,129)(H,104,130)(H,105,124)(H,106,127)(H,107,128)(H,120,121)(H,122,123)/t51-,53+,58+,63-,64-,65-,66-,67-,68-,69-,70-,71-,72-,73-/m0/s1. The lowest BCUT2D eigenvalue weighted by atomic mass is 9.90. The Bertz CT molecular complexity index is 5260. The number of carbonyl (C=O) groups excluding carboxylic acids is 17. The van der Waals surface area contributed by atoms with Gasteiger partial charge >= 0.3 is 11.9 Å². The van der Waals surface area contributed by atoms with Crippen LogP contribution in [-0.2, 0) is 117 Å². The van der Waals surface area contributed by atoms with E-state index < -0.39 is 273 Å². The van der Waals surface area contributed by atoms with Gasteiger partial charge in [-0.3, -0.25) is 91.1 Å². The maximum Gasteiger partial charge on any atom is 0.323 e. The SMILES string of the molecule is CCCC[C@H]1C(=O)N(C)[C@@H](CCCC)C(=O)N[C@@H](CC(C)C)C(=O)N[C@H](C(=O)NCC(N)=O)CSCC(=O)N[C@@H](Cc2ccc(O)cc2)C(=O)N(C)[C@@H](C)C(=O)N[C@@H](CC(N)=O)C(=O)N(CC(=O)O)CC(=O)N[C@@H](Cc2ccc[nH]2)C(=O)N[C@@H](CCC(=O)O)C(=O)N2C[C@H](O)C[C@H]2C(=O)C[C@@H](Cc2c[nH]c3ccccc23)C(=O)N[C@@H](CCN)C(=O)N[C@@H](Cc2c[nH]c3ccccc23)C(=O)N1C. The third-order valence-electron chi connectivity index (χ3n) is 23.8. The number of hydrogen-bond acceptors (Lipinski definition) is 23. The number of aliphatic hydroxyl groups excluding tert-OH is 1. The lowest BCUT2D eigenvalue weighted by molar-refractivity contribution is -0.149. The first-order valence-electron chi connectivity index (χ1n) is 45.2. The molecule has 0 radical (unpaired) electrons. The van der Waals surface area contributed by atoms with Crippen LogP contribution >= 0.6 is 11.8 Å². The third kappa shape index (κ3) is 31.1. The minimum Gasteiger partial charge on any atom is -0.508 e. The van der Waals surface area contributed by atoms with E-state index in [-0.39, 0.29) is 68.9 Å². The molecular formula is C92H126N20O23S. The molecule has 14 atom stereocenters. The molecule has 3 aromatic heterocycles. The molecule has 44 heteroatoms. The summed E-state index contributed by atoms with van der Waals surface area (Å²) in [4.78, 5) is 289. The van der Waals surface area contributed by atoms with Gasteiger partial charge in [0.15, 0.2) is 5.78 Å². The first-order chi connectivity index (χ1) is 64.6. The molecular weight excluding hydrogens is 1790 g/mol. The van der Waals surface area contributed by atoms with E-state index in [1.54, 1.807) is 74.8 Å². The van der Waals surface area contributed by atoms with Crippen LogP contribution in [0.1, 0.15) is 140 Å². The summed E-state index contributed by atoms with van der Waals surface area (Å²) in [5.41, 5.74) is 20.2. The highest BCUT2D eigenvalue weighted by atomic mass is 32.2. The van der Waals surface area contributed by atoms with Crippen molar-refractivity contribution < 1.29 is 112 Å². The average Bonchev–Trinajstić information content (AvgIpc) is 1.65. The first kappa shape index (κ1) is 108. The molecule has 738 valence electrons. The number of carboxylic acids is 2. The number of aliphatic hydroxyl groups is 1. The van der Waals surface area contributed by atoms with Gasteiger partial charge in [-0.15, -0.1) is 11.8 Å². The van der Waals surface area contributed by atoms with Crippen LogP contribution in [0, 0.1) is 11.8 Å². The summed E-state index contributed by atoms with van der Waals surface area (Å²) >= 11 is 0.752. The van der Waals surface area contributed by atoms with Crippen molar-refractivity contribution in [2.24, 2.45) is 29.0 Å². The molecule has 2 fully saturated rings. The monoisotopic (exact) mass is 1910 g/mol. The molecule has 3 aromatic carbocycles. The number of fused-ring (bicyclic) bond motifs is 3. The number of rotatable bonds is 28. The van der Waals surface area contributed by atoms with Crippen molar-refractivity contribution >= 4 is 146 Å². The fourth-order valence-electron chi connectivity index (χ4n) is 16.4. The molecule has 0 spiro atoms. The van der Waals surface area contributed by atoms with Gasteiger partial charge < -0.3 is 125 Å². The fourth-order valence-corrected chi connectivity index (χ4v) is 17.2. The lowest BCUT2D eigenvalue weighted by Crippen LogP contribution is -2.60. The van der Waals surface area contributed by atoms with Gasteiger partial charge in [0.2, 0.25) is 94.5 Å². The van der Waals surface area contributed by atoms with Crippen molar-refractivity contribution in [3.05, 3.63) is 126 Å². The maximum atomic E-state index is 15.8. The number of nitrogens with zero attached hydrogens (tertiary/aromatic N) is 5. The van der Waals surface area contributed by atoms with Gasteiger partial charge in [-0.25, -0.2) is 0 Å². The molecule has 2 aliphatic rings. The predicted octanol–water partition coefficient (Wildman–Crippen LogP) is -1.35. The number of H-pyrrole nitrogens is 3. The predicted molar refractivity (Wildman–Crippen MR) is 497 cm³/mol. The van der Waals surface area contributed by atoms with E-state index in [1.165, 1.54) is 73.4 Å². The zero-order chi connectivity index (χ0) is 99.9. The number of phenols is 1. The number of carboxylic acid groups (broad SMARTS) is 2. The van der Waals surface area contributed by atoms with E-state index in [4.69, 9.17) is 17.2 Å². The molecule has 22 N–H and O–H groups in total. The molecule has 0 saturated carbocycles. The van der Waals surface area contributed by atoms with E-state index in [0.29, 0.717) is 69.1 Å². The number of amides is 16. The Morgan fingerprint density at radius 2 is 1.11 bits per heavy atom. The number of para-hydroxylation sites is 2. The normalized spacial score (nSPS) is 23.8. The van der Waals surface area contributed by atoms with Gasteiger partial charge in [0.25, 0.3) is 0 Å². The second kappa shape index (κ2) is 51.6. The van der Waals surface area contributed by atoms with Crippen LogP contribution in [0.2, 0.25) is 0 Å². The number of thioether (sulfide) groups is 1. The van der Waals surface area contributed by atoms with Crippen molar-refractivity contribution in [1.29, 1.82) is 0 Å². The summed E-state index contributed by atoms with van der Waals surface area (Å²) < 4.78 is 0. The number of benzene rings is 3. The number of primary amides is 2. The van der Waals surface area contributed by atoms with Gasteiger partial charge in [0, 0.05) is 124 Å². The number of likely N-dealkylation sites (N-methyl/N-ethyl adjacent to an activating group) is 3. The Morgan fingerprint density at radius 1 is 0.544 bits per heavy atom. The summed E-state index contributed by atoms with van der Waals surface area (Å²) in [6.45, 7) is 4.23. The number of ketones is 1. The molecule has 43 nitrogen and oxygen atoms in total. The number of phenolic OH excluding ortho intramolecular Hbond substituents is 1. The van der Waals surface area contributed by atoms with E-state index >= 15 is 33.6 Å². The quantitative estimate of drug-likeness (QED) is 0.0270. The van der Waals surface area contributed by atoms with Crippen LogP contribution in [0.5, 0.6) is 5.75 Å². The van der Waals surface area contributed by atoms with Gasteiger partial charge in [-0.05, 0) is 111 Å². The zero-order valence-corrected chi connectivity index (χ0v) is 78.2. The van der Waals surface area contributed by atoms with Crippen LogP contribution < -0.4 is 65.1 Å². The number of aromatic nitrogens is 3. The van der Waals surface area contributed by atoms with Crippen molar-refractivity contribution in [3.63, 3.8) is 0 Å². The summed E-state index contributed by atoms with van der Waals surface area (Å²) in [6, 6.07) is 3.08. The molecule has 0 aliphatic carbocycles. The third-order valence-corrected chi connectivity index (χ3v) is 24.8. The van der Waals surface area contributed by atoms with E-state index in [1.807, 2.05) is 13.8 Å². The average molecular weight is 1910 g/mol. The van der Waals surface area contributed by atoms with Crippen molar-refractivity contribution in [2.75, 3.05) is 65.4 Å². The van der Waals surface area contributed by atoms with Gasteiger partial charge in [0.1, 0.15) is 85.3 Å². The molecule has 8 rings (SSSR count). The minimum atomic E-state index is -2.10. The van der Waals surface area contributed by atoms with Crippen molar-refractivity contribution in [3.8, 4) is 5.75 Å². The Labute approximate surface area is 789 Å². The number of carbonyl (C=O) groups is 19. The molecule has 6 aromatic rings. The Balaban J connectivity index is 1.21. The fraction of sp³-hybridized carbons (Fsp3) is 0.511. The largest absolute Gasteiger partial charge is 0.508 e. The summed E-state index contributed by atoms with van der Waals surface area (Å²) in [5, 5.41) is 66.5. The van der Waals surface area contributed by atoms with Crippen LogP contribution in [0.4, 0.5) is 0 Å². The summed E-state index contributed by atoms with van der Waals surface area (Å²) in [7, 11) is 3.87. The van der Waals surface area contributed by atoms with E-state index in [0.717, 1.165) is 28.6 Å². The van der Waals surface area contributed by atoms with E-state index in [9.17, 15) is 78.0 Å². The number of unbranched alkanes of at least 4 members (excludes halogenated alkanes) is 2. The number of nitrogens with two attached hydrogens (primary N) is 3. The molecule has 2 saturated heterocycles. The Kier molecular flexibility index (Phi) is 40.8. The van der Waals surface area contributed by atoms with Gasteiger partial charge in [-0.1, -0.05) is 102 Å². The Hall–Kier alpha value is -13.8. The second-order valence-electron chi connectivity index (χ2n) is 34.7. The summed E-state index contributed by atoms with van der Waals surface area (Å²) in [6.07, 6.45) is -0.321. The molecule has 0 bridgehead atoms. The topological polar surface area (TPSA) is 655 Å². The number of Topliss-reactive ketones (excluding diaryl/α,β-unsaturated/α-hetero) is 1. The molecule has 2 aliphatic heterocycles. The van der Waals surface area contributed by atoms with Crippen LogP contribution in [0.25, 0.3) is 21.8 Å². The molecule has 0 unspecified atom stereocenters. The lowest BCUT2D eigenvalue weighted by Gasteiger charge is -2.36. The van der Waals surface area contributed by atoms with Gasteiger partial charge in [-0.2, -0.15) is 0 Å². The smallest absolute Gasteiger partial charge is 0.323 e. The highest BCUT2D eigenvalue weighted by molar-refractivity contribution is 8.00. The number of aliphatic carboxylic acids is 2. The van der Waals surface area contributed by atoms with E-state index in [2.05, 4.69) is 62.8 Å². The number of aromatic hydroxyl groups is 1. The number of aromatic amines is 3. The van der Waals surface area contributed by atoms with Crippen molar-refractivity contribution in [2.45, 2.75) is 222 Å². The summed E-state index contributed by atoms with van der Waals surface area (Å²) in [5.74, 6) is -23.4. The first-order valence-corrected chi connectivity index (χ1v) is 46.3. The Morgan fingerprint density at radius 3 is 1.71 bits per heavy atom. The number of nitrogens with one attached hydrogen (secondary N) is 12. The zero-order valence-electron chi connectivity index (χ0n) is 77.4. The maximum absolute atomic E-state index is 15.8. The molecule has 16 amide bonds. The number of hydrogen-bond donors (Lipinski definition) is 19. The molecule has 5 heterocycles. The highest BCUT2D eigenvalue weighted by Gasteiger charge is 2.46.